The van der Waals surface area contributed by atoms with Crippen molar-refractivity contribution >= 4 is 46.8 Å². The van der Waals surface area contributed by atoms with Gasteiger partial charge in [-0.2, -0.15) is 0 Å². The number of benzene rings is 2. The van der Waals surface area contributed by atoms with Crippen LogP contribution in [0.3, 0.4) is 0 Å². The van der Waals surface area contributed by atoms with Crippen molar-refractivity contribution in [1.29, 1.82) is 0 Å². The number of hydrogen-bond acceptors (Lipinski definition) is 3. The molecule has 7 heteroatoms. The van der Waals surface area contributed by atoms with E-state index in [1.54, 1.807) is 41.8 Å². The summed E-state index contributed by atoms with van der Waals surface area (Å²) in [5, 5.41) is 3.93. The van der Waals surface area contributed by atoms with Gasteiger partial charge in [0.05, 0.1) is 0 Å². The Labute approximate surface area is 193 Å². The number of nitrogens with one attached hydrogen (secondary N) is 1. The molecule has 0 unspecified atom stereocenters. The van der Waals surface area contributed by atoms with E-state index in [4.69, 9.17) is 23.2 Å². The summed E-state index contributed by atoms with van der Waals surface area (Å²) in [7, 11) is 0. The highest BCUT2D eigenvalue weighted by Gasteiger charge is 2.26. The highest BCUT2D eigenvalue weighted by molar-refractivity contribution is 7.99. The van der Waals surface area contributed by atoms with Crippen LogP contribution in [0.2, 0.25) is 10.0 Å². The van der Waals surface area contributed by atoms with Gasteiger partial charge in [-0.05, 0) is 42.7 Å². The molecular weight excluding hydrogens is 439 g/mol. The number of carbonyl (C=O) groups excluding carboxylic acids is 2. The molecule has 1 atom stereocenters. The van der Waals surface area contributed by atoms with Gasteiger partial charge in [-0.15, -0.1) is 11.8 Å². The summed E-state index contributed by atoms with van der Waals surface area (Å²) in [5.74, 6) is 0.710. The van der Waals surface area contributed by atoms with Crippen molar-refractivity contribution in [3.63, 3.8) is 0 Å². The van der Waals surface area contributed by atoms with Gasteiger partial charge < -0.3 is 10.2 Å². The quantitative estimate of drug-likeness (QED) is 0.459. The predicted octanol–water partition coefficient (Wildman–Crippen LogP) is 5.67. The van der Waals surface area contributed by atoms with Gasteiger partial charge in [0.1, 0.15) is 6.04 Å². The lowest BCUT2D eigenvalue weighted by molar-refractivity contribution is -0.140. The van der Waals surface area contributed by atoms with E-state index < -0.39 is 6.04 Å². The van der Waals surface area contributed by atoms with E-state index in [9.17, 15) is 9.59 Å². The molecule has 0 bridgehead atoms. The largest absolute Gasteiger partial charge is 0.354 e. The highest BCUT2D eigenvalue weighted by Crippen LogP contribution is 2.24. The van der Waals surface area contributed by atoms with E-state index in [0.717, 1.165) is 10.5 Å². The van der Waals surface area contributed by atoms with Gasteiger partial charge in [0.25, 0.3) is 0 Å². The third-order valence-corrected chi connectivity index (χ3v) is 6.14. The van der Waals surface area contributed by atoms with Crippen LogP contribution in [-0.4, -0.2) is 35.1 Å². The van der Waals surface area contributed by atoms with Crippen LogP contribution in [0, 0.1) is 5.92 Å². The third-order valence-electron chi connectivity index (χ3n) is 4.54. The Kier molecular flexibility index (Phi) is 10.0. The summed E-state index contributed by atoms with van der Waals surface area (Å²) in [6.45, 7) is 6.63. The molecule has 0 aliphatic rings. The lowest BCUT2D eigenvalue weighted by Crippen LogP contribution is -2.48. The standard InChI is InChI=1S/C23H28Cl2N2O2S/c1-16(2)14-26-23(29)17(3)27(15-18-9-10-19(24)13-21(18)25)22(28)11-12-30-20-7-5-4-6-8-20/h4-10,13,16-17H,11-12,14-15H2,1-3H3,(H,26,29)/t17-/m0/s1. The molecule has 30 heavy (non-hydrogen) atoms. The first-order chi connectivity index (χ1) is 14.3. The first kappa shape index (κ1) is 24.6. The van der Waals surface area contributed by atoms with E-state index in [1.165, 1.54) is 0 Å². The number of halogens is 2. The predicted molar refractivity (Wildman–Crippen MR) is 126 cm³/mol. The fourth-order valence-electron chi connectivity index (χ4n) is 2.79. The van der Waals surface area contributed by atoms with Gasteiger partial charge in [-0.25, -0.2) is 0 Å². The van der Waals surface area contributed by atoms with Gasteiger partial charge in [-0.1, -0.05) is 61.3 Å². The van der Waals surface area contributed by atoms with Crippen LogP contribution < -0.4 is 5.32 Å². The fourth-order valence-corrected chi connectivity index (χ4v) is 4.12. The molecule has 2 rings (SSSR count). The molecule has 2 aromatic rings. The average Bonchev–Trinajstić information content (AvgIpc) is 2.71. The molecule has 1 N–H and O–H groups in total. The minimum absolute atomic E-state index is 0.0864. The molecule has 0 aliphatic carbocycles. The second kappa shape index (κ2) is 12.2. The monoisotopic (exact) mass is 466 g/mol. The average molecular weight is 467 g/mol. The van der Waals surface area contributed by atoms with Gasteiger partial charge >= 0.3 is 0 Å². The number of carbonyl (C=O) groups is 2. The number of thioether (sulfide) groups is 1. The van der Waals surface area contributed by atoms with Crippen molar-refractivity contribution in [2.24, 2.45) is 5.92 Å². The molecule has 162 valence electrons. The summed E-state index contributed by atoms with van der Waals surface area (Å²) >= 11 is 13.9. The van der Waals surface area contributed by atoms with Crippen LogP contribution in [0.25, 0.3) is 0 Å². The summed E-state index contributed by atoms with van der Waals surface area (Å²) in [6.07, 6.45) is 0.326. The Morgan fingerprint density at radius 1 is 1.07 bits per heavy atom. The van der Waals surface area contributed by atoms with Crippen LogP contribution in [0.15, 0.2) is 53.4 Å². The summed E-state index contributed by atoms with van der Waals surface area (Å²) < 4.78 is 0. The van der Waals surface area contributed by atoms with Gasteiger partial charge in [0.15, 0.2) is 0 Å². The Balaban J connectivity index is 2.10. The summed E-state index contributed by atoms with van der Waals surface area (Å²) in [6, 6.07) is 14.5. The highest BCUT2D eigenvalue weighted by atomic mass is 35.5. The molecule has 0 spiro atoms. The summed E-state index contributed by atoms with van der Waals surface area (Å²) in [4.78, 5) is 28.4. The first-order valence-corrected chi connectivity index (χ1v) is 11.7. The van der Waals surface area contributed by atoms with Gasteiger partial charge in [0, 0.05) is 40.2 Å². The maximum absolute atomic E-state index is 13.1. The van der Waals surface area contributed by atoms with Crippen molar-refractivity contribution in [2.45, 2.75) is 44.7 Å². The molecule has 0 fully saturated rings. The summed E-state index contributed by atoms with van der Waals surface area (Å²) in [5.41, 5.74) is 0.758. The molecule has 2 aromatic carbocycles. The van der Waals surface area contributed by atoms with Crippen LogP contribution in [0.5, 0.6) is 0 Å². The molecule has 0 heterocycles. The van der Waals surface area contributed by atoms with Crippen LogP contribution in [0.1, 0.15) is 32.8 Å². The zero-order valence-electron chi connectivity index (χ0n) is 17.5. The second-order valence-corrected chi connectivity index (χ2v) is 9.50. The lowest BCUT2D eigenvalue weighted by Gasteiger charge is -2.29. The van der Waals surface area contributed by atoms with Crippen LogP contribution >= 0.6 is 35.0 Å². The zero-order valence-corrected chi connectivity index (χ0v) is 19.9. The molecule has 4 nitrogen and oxygen atoms in total. The minimum atomic E-state index is -0.607. The Morgan fingerprint density at radius 3 is 2.40 bits per heavy atom. The topological polar surface area (TPSA) is 49.4 Å². The van der Waals surface area contributed by atoms with E-state index >= 15 is 0 Å². The lowest BCUT2D eigenvalue weighted by atomic mass is 10.1. The van der Waals surface area contributed by atoms with Crippen LogP contribution in [-0.2, 0) is 16.1 Å². The molecule has 0 aromatic heterocycles. The number of amides is 2. The number of hydrogen-bond donors (Lipinski definition) is 1. The van der Waals surface area contributed by atoms with Crippen molar-refractivity contribution in [3.8, 4) is 0 Å². The Morgan fingerprint density at radius 2 is 1.77 bits per heavy atom. The van der Waals surface area contributed by atoms with Crippen molar-refractivity contribution in [1.82, 2.24) is 10.2 Å². The molecule has 0 saturated heterocycles. The second-order valence-electron chi connectivity index (χ2n) is 7.48. The van der Waals surface area contributed by atoms with Crippen molar-refractivity contribution in [3.05, 3.63) is 64.1 Å². The molecular formula is C23H28Cl2N2O2S. The first-order valence-electron chi connectivity index (χ1n) is 9.97. The third kappa shape index (κ3) is 7.86. The van der Waals surface area contributed by atoms with E-state index in [-0.39, 0.29) is 18.4 Å². The van der Waals surface area contributed by atoms with Crippen LogP contribution in [0.4, 0.5) is 0 Å². The molecule has 0 saturated carbocycles. The van der Waals surface area contributed by atoms with Crippen molar-refractivity contribution in [2.75, 3.05) is 12.3 Å². The molecule has 2 amide bonds. The normalized spacial score (nSPS) is 11.9. The van der Waals surface area contributed by atoms with Gasteiger partial charge in [-0.3, -0.25) is 9.59 Å². The van der Waals surface area contributed by atoms with E-state index in [2.05, 4.69) is 5.32 Å². The zero-order chi connectivity index (χ0) is 22.1. The van der Waals surface area contributed by atoms with Crippen molar-refractivity contribution < 1.29 is 9.59 Å². The van der Waals surface area contributed by atoms with E-state index in [1.807, 2.05) is 44.2 Å². The minimum Gasteiger partial charge on any atom is -0.354 e. The number of rotatable bonds is 10. The maximum Gasteiger partial charge on any atom is 0.242 e. The SMILES string of the molecule is CC(C)CNC(=O)[C@H](C)N(Cc1ccc(Cl)cc1Cl)C(=O)CCSc1ccccc1. The Bertz CT molecular complexity index is 846. The molecule has 0 aliphatic heterocycles. The fraction of sp³-hybridized carbons (Fsp3) is 0.391. The van der Waals surface area contributed by atoms with Gasteiger partial charge in [0.2, 0.25) is 11.8 Å². The maximum atomic E-state index is 13.1. The smallest absolute Gasteiger partial charge is 0.242 e. The Hall–Kier alpha value is -1.69. The number of nitrogens with zero attached hydrogens (tertiary/aromatic N) is 1. The molecule has 0 radical (unpaired) electrons. The van der Waals surface area contributed by atoms with E-state index in [0.29, 0.717) is 34.7 Å².